The number of rotatable bonds is 5. The van der Waals surface area contributed by atoms with Gasteiger partial charge in [0.25, 0.3) is 0 Å². The van der Waals surface area contributed by atoms with Gasteiger partial charge in [0.1, 0.15) is 0 Å². The Balaban J connectivity index is 4.16. The summed E-state index contributed by atoms with van der Waals surface area (Å²) in [5.41, 5.74) is 0.728. The largest absolute Gasteiger partial charge is 0.375 e. The molecule has 0 bridgehead atoms. The van der Waals surface area contributed by atoms with E-state index < -0.39 is 0 Å². The van der Waals surface area contributed by atoms with Crippen LogP contribution in [0.25, 0.3) is 0 Å². The summed E-state index contributed by atoms with van der Waals surface area (Å²) in [4.78, 5) is 11.0. The summed E-state index contributed by atoms with van der Waals surface area (Å²) in [7, 11) is 0. The second kappa shape index (κ2) is 6.61. The molecule has 0 aromatic carbocycles. The molecule has 0 rings (SSSR count). The van der Waals surface area contributed by atoms with Crippen LogP contribution in [0.4, 0.5) is 0 Å². The van der Waals surface area contributed by atoms with E-state index in [1.807, 2.05) is 32.9 Å². The first-order valence-corrected chi connectivity index (χ1v) is 4.58. The van der Waals surface area contributed by atoms with Crippen LogP contribution in [-0.2, 0) is 9.53 Å². The van der Waals surface area contributed by atoms with Gasteiger partial charge < -0.3 is 4.74 Å². The van der Waals surface area contributed by atoms with Crippen molar-refractivity contribution in [3.05, 3.63) is 23.8 Å². The average Bonchev–Trinajstić information content (AvgIpc) is 2.05. The van der Waals surface area contributed by atoms with Crippen LogP contribution in [0.5, 0.6) is 0 Å². The molecular weight excluding hydrogens is 164 g/mol. The van der Waals surface area contributed by atoms with Crippen molar-refractivity contribution in [2.24, 2.45) is 0 Å². The number of Topliss-reactive ketones (excluding diaryl/α,β-unsaturated/α-hetero) is 1. The summed E-state index contributed by atoms with van der Waals surface area (Å²) in [6.07, 6.45) is 5.57. The van der Waals surface area contributed by atoms with Crippen LogP contribution in [0.1, 0.15) is 27.7 Å². The minimum Gasteiger partial charge on any atom is -0.375 e. The van der Waals surface area contributed by atoms with Crippen molar-refractivity contribution in [2.75, 3.05) is 6.61 Å². The third kappa shape index (κ3) is 5.36. The molecule has 0 radical (unpaired) electrons. The highest BCUT2D eigenvalue weighted by atomic mass is 16.5. The lowest BCUT2D eigenvalue weighted by molar-refractivity contribution is -0.113. The van der Waals surface area contributed by atoms with Gasteiger partial charge in [-0.25, -0.2) is 0 Å². The Morgan fingerprint density at radius 1 is 1.54 bits per heavy atom. The van der Waals surface area contributed by atoms with Gasteiger partial charge in [-0.1, -0.05) is 18.2 Å². The number of allylic oxidation sites excluding steroid dienone is 3. The first kappa shape index (κ1) is 12.1. The summed E-state index contributed by atoms with van der Waals surface area (Å²) in [6.45, 7) is 8.01. The van der Waals surface area contributed by atoms with Gasteiger partial charge in [0.2, 0.25) is 0 Å². The highest BCUT2D eigenvalue weighted by Crippen LogP contribution is 2.01. The third-order valence-electron chi connectivity index (χ3n) is 1.69. The lowest BCUT2D eigenvalue weighted by atomic mass is 10.1. The van der Waals surface area contributed by atoms with Gasteiger partial charge in [-0.3, -0.25) is 4.79 Å². The molecule has 0 fully saturated rings. The molecule has 2 heteroatoms. The van der Waals surface area contributed by atoms with E-state index in [4.69, 9.17) is 4.74 Å². The maximum atomic E-state index is 11.0. The van der Waals surface area contributed by atoms with Crippen LogP contribution in [0.2, 0.25) is 0 Å². The van der Waals surface area contributed by atoms with Crippen molar-refractivity contribution in [1.82, 2.24) is 0 Å². The van der Waals surface area contributed by atoms with Crippen LogP contribution >= 0.6 is 0 Å². The van der Waals surface area contributed by atoms with E-state index in [0.29, 0.717) is 6.61 Å². The van der Waals surface area contributed by atoms with Crippen molar-refractivity contribution in [3.8, 4) is 0 Å². The van der Waals surface area contributed by atoms with Crippen molar-refractivity contribution < 1.29 is 9.53 Å². The smallest absolute Gasteiger partial charge is 0.159 e. The fourth-order valence-electron chi connectivity index (χ4n) is 0.974. The molecule has 74 valence electrons. The van der Waals surface area contributed by atoms with Crippen LogP contribution in [0.3, 0.4) is 0 Å². The Kier molecular flexibility index (Phi) is 6.15. The van der Waals surface area contributed by atoms with Crippen LogP contribution in [-0.4, -0.2) is 18.5 Å². The molecule has 13 heavy (non-hydrogen) atoms. The van der Waals surface area contributed by atoms with E-state index in [0.717, 1.165) is 5.57 Å². The number of ether oxygens (including phenoxy) is 1. The predicted molar refractivity (Wildman–Crippen MR) is 54.7 cm³/mol. The standard InChI is InChI=1S/C11H18O2/c1-5-11(10(4)12)8-7-9(3)13-6-2/h5,7-9H,6H2,1-4H3/b8-7-,11-5+. The molecule has 0 N–H and O–H groups in total. The van der Waals surface area contributed by atoms with Crippen molar-refractivity contribution >= 4 is 5.78 Å². The molecule has 0 heterocycles. The zero-order chi connectivity index (χ0) is 10.3. The Hall–Kier alpha value is -0.890. The van der Waals surface area contributed by atoms with Gasteiger partial charge in [0, 0.05) is 12.2 Å². The molecule has 0 saturated heterocycles. The molecule has 0 aliphatic heterocycles. The number of carbonyl (C=O) groups is 1. The van der Waals surface area contributed by atoms with E-state index in [-0.39, 0.29) is 11.9 Å². The van der Waals surface area contributed by atoms with Gasteiger partial charge in [-0.2, -0.15) is 0 Å². The molecule has 1 atom stereocenters. The number of hydrogen-bond acceptors (Lipinski definition) is 2. The summed E-state index contributed by atoms with van der Waals surface area (Å²) < 4.78 is 5.29. The SMILES string of the molecule is C/C=C(\C=C/C(C)OCC)C(C)=O. The molecule has 0 amide bonds. The maximum Gasteiger partial charge on any atom is 0.159 e. The topological polar surface area (TPSA) is 26.3 Å². The van der Waals surface area contributed by atoms with E-state index >= 15 is 0 Å². The Morgan fingerprint density at radius 3 is 2.54 bits per heavy atom. The fraction of sp³-hybridized carbons (Fsp3) is 0.545. The number of carbonyl (C=O) groups excluding carboxylic acids is 1. The van der Waals surface area contributed by atoms with Gasteiger partial charge in [0.05, 0.1) is 6.10 Å². The minimum absolute atomic E-state index is 0.0688. The molecule has 0 aromatic heterocycles. The molecule has 2 nitrogen and oxygen atoms in total. The Morgan fingerprint density at radius 2 is 2.15 bits per heavy atom. The Bertz CT molecular complexity index is 214. The van der Waals surface area contributed by atoms with E-state index in [1.54, 1.807) is 13.0 Å². The predicted octanol–water partition coefficient (Wildman–Crippen LogP) is 2.50. The van der Waals surface area contributed by atoms with Crippen LogP contribution < -0.4 is 0 Å². The summed E-state index contributed by atoms with van der Waals surface area (Å²) in [5, 5.41) is 0. The van der Waals surface area contributed by atoms with E-state index in [1.165, 1.54) is 0 Å². The third-order valence-corrected chi connectivity index (χ3v) is 1.69. The first-order valence-electron chi connectivity index (χ1n) is 4.58. The lowest BCUT2D eigenvalue weighted by Crippen LogP contribution is -2.04. The van der Waals surface area contributed by atoms with Gasteiger partial charge >= 0.3 is 0 Å². The van der Waals surface area contributed by atoms with Crippen molar-refractivity contribution in [2.45, 2.75) is 33.8 Å². The molecule has 1 unspecified atom stereocenters. The second-order valence-electron chi connectivity index (χ2n) is 2.82. The zero-order valence-corrected chi connectivity index (χ0v) is 8.83. The minimum atomic E-state index is 0.0688. The fourth-order valence-corrected chi connectivity index (χ4v) is 0.974. The van der Waals surface area contributed by atoms with E-state index in [2.05, 4.69) is 0 Å². The summed E-state index contributed by atoms with van der Waals surface area (Å²) >= 11 is 0. The molecule has 0 aliphatic rings. The van der Waals surface area contributed by atoms with Gasteiger partial charge in [-0.05, 0) is 27.7 Å². The average molecular weight is 182 g/mol. The first-order chi connectivity index (χ1) is 6.11. The Labute approximate surface area is 80.3 Å². The van der Waals surface area contributed by atoms with Gasteiger partial charge in [0.15, 0.2) is 5.78 Å². The lowest BCUT2D eigenvalue weighted by Gasteiger charge is -2.05. The normalized spacial score (nSPS) is 14.9. The molecule has 0 spiro atoms. The van der Waals surface area contributed by atoms with Crippen LogP contribution in [0, 0.1) is 0 Å². The van der Waals surface area contributed by atoms with E-state index in [9.17, 15) is 4.79 Å². The van der Waals surface area contributed by atoms with Crippen molar-refractivity contribution in [3.63, 3.8) is 0 Å². The second-order valence-corrected chi connectivity index (χ2v) is 2.82. The van der Waals surface area contributed by atoms with Crippen LogP contribution in [0.15, 0.2) is 23.8 Å². The molecule has 0 saturated carbocycles. The molecular formula is C11H18O2. The summed E-state index contributed by atoms with van der Waals surface area (Å²) in [5.74, 6) is 0.0856. The van der Waals surface area contributed by atoms with Gasteiger partial charge in [-0.15, -0.1) is 0 Å². The molecule has 0 aromatic rings. The maximum absolute atomic E-state index is 11.0. The molecule has 0 aliphatic carbocycles. The number of ketones is 1. The quantitative estimate of drug-likeness (QED) is 0.482. The number of hydrogen-bond donors (Lipinski definition) is 0. The highest BCUT2D eigenvalue weighted by Gasteiger charge is 1.98. The zero-order valence-electron chi connectivity index (χ0n) is 8.83. The van der Waals surface area contributed by atoms with Crippen molar-refractivity contribution in [1.29, 1.82) is 0 Å². The summed E-state index contributed by atoms with van der Waals surface area (Å²) in [6, 6.07) is 0. The highest BCUT2D eigenvalue weighted by molar-refractivity contribution is 5.95. The monoisotopic (exact) mass is 182 g/mol.